The van der Waals surface area contributed by atoms with Gasteiger partial charge in [0.15, 0.2) is 0 Å². The third-order valence-corrected chi connectivity index (χ3v) is 4.50. The van der Waals surface area contributed by atoms with E-state index in [-0.39, 0.29) is 6.02 Å². The summed E-state index contributed by atoms with van der Waals surface area (Å²) in [7, 11) is 0. The molecule has 0 amide bonds. The number of hydrogen-bond acceptors (Lipinski definition) is 5. The molecule has 112 valence electrons. The first-order chi connectivity index (χ1) is 10.6. The summed E-state index contributed by atoms with van der Waals surface area (Å²) in [5, 5.41) is 0. The molecule has 2 N–H and O–H groups in total. The molecule has 0 bridgehead atoms. The number of pyridine rings is 1. The highest BCUT2D eigenvalue weighted by atomic mass is 79.9. The van der Waals surface area contributed by atoms with E-state index in [1.807, 2.05) is 18.2 Å². The van der Waals surface area contributed by atoms with Crippen LogP contribution in [-0.4, -0.2) is 17.6 Å². The maximum absolute atomic E-state index is 5.97. The molecule has 0 radical (unpaired) electrons. The van der Waals surface area contributed by atoms with Gasteiger partial charge in [0, 0.05) is 28.2 Å². The lowest BCUT2D eigenvalue weighted by Crippen LogP contribution is -2.38. The van der Waals surface area contributed by atoms with Gasteiger partial charge in [-0.25, -0.2) is 9.98 Å². The van der Waals surface area contributed by atoms with Crippen molar-refractivity contribution in [3.63, 3.8) is 0 Å². The molecule has 1 atom stereocenters. The molecule has 1 spiro atoms. The number of fused-ring (bicyclic) bond motifs is 4. The molecule has 0 saturated carbocycles. The molecular formula is C16H14BrN3O2. The number of hydrogen-bond donors (Lipinski definition) is 1. The lowest BCUT2D eigenvalue weighted by molar-refractivity contribution is 0.218. The quantitative estimate of drug-likeness (QED) is 0.783. The fraction of sp³-hybridized carbons (Fsp3) is 0.250. The van der Waals surface area contributed by atoms with Crippen LogP contribution in [0.2, 0.25) is 0 Å². The monoisotopic (exact) mass is 359 g/mol. The van der Waals surface area contributed by atoms with Crippen molar-refractivity contribution in [2.75, 3.05) is 6.61 Å². The lowest BCUT2D eigenvalue weighted by Gasteiger charge is -2.38. The Morgan fingerprint density at radius 3 is 2.95 bits per heavy atom. The number of amidine groups is 1. The first kappa shape index (κ1) is 13.6. The zero-order valence-electron chi connectivity index (χ0n) is 12.0. The van der Waals surface area contributed by atoms with Gasteiger partial charge in [0.25, 0.3) is 6.02 Å². The first-order valence-corrected chi connectivity index (χ1v) is 7.81. The Bertz CT molecular complexity index is 752. The van der Waals surface area contributed by atoms with Crippen molar-refractivity contribution in [3.8, 4) is 11.6 Å². The maximum atomic E-state index is 5.97. The van der Waals surface area contributed by atoms with Crippen LogP contribution in [0.3, 0.4) is 0 Å². The number of ether oxygens (including phenoxy) is 2. The van der Waals surface area contributed by atoms with Crippen molar-refractivity contribution >= 4 is 22.0 Å². The van der Waals surface area contributed by atoms with Gasteiger partial charge in [-0.2, -0.15) is 0 Å². The molecule has 2 aromatic rings. The Kier molecular flexibility index (Phi) is 2.91. The van der Waals surface area contributed by atoms with Gasteiger partial charge in [-0.3, -0.25) is 0 Å². The number of nitrogens with zero attached hydrogens (tertiary/aromatic N) is 2. The Hall–Kier alpha value is -2.08. The highest BCUT2D eigenvalue weighted by molar-refractivity contribution is 9.10. The molecule has 0 fully saturated rings. The van der Waals surface area contributed by atoms with E-state index in [4.69, 9.17) is 15.2 Å². The molecule has 1 aromatic heterocycles. The predicted octanol–water partition coefficient (Wildman–Crippen LogP) is 3.24. The molecule has 2 aliphatic heterocycles. The van der Waals surface area contributed by atoms with Crippen molar-refractivity contribution < 1.29 is 9.47 Å². The van der Waals surface area contributed by atoms with Gasteiger partial charge in [-0.05, 0) is 41.1 Å². The second-order valence-corrected chi connectivity index (χ2v) is 6.43. The average molecular weight is 360 g/mol. The number of rotatable bonds is 0. The number of aromatic nitrogens is 1. The van der Waals surface area contributed by atoms with Crippen molar-refractivity contribution in [3.05, 3.63) is 51.6 Å². The van der Waals surface area contributed by atoms with E-state index in [0.29, 0.717) is 18.9 Å². The molecule has 4 rings (SSSR count). The van der Waals surface area contributed by atoms with Crippen LogP contribution in [-0.2, 0) is 10.3 Å². The summed E-state index contributed by atoms with van der Waals surface area (Å²) in [4.78, 5) is 9.06. The van der Waals surface area contributed by atoms with Gasteiger partial charge in [0.1, 0.15) is 11.3 Å². The Morgan fingerprint density at radius 1 is 1.27 bits per heavy atom. The van der Waals surface area contributed by atoms with Crippen LogP contribution in [0.5, 0.6) is 11.6 Å². The van der Waals surface area contributed by atoms with Gasteiger partial charge in [0.05, 0.1) is 6.61 Å². The third-order valence-electron chi connectivity index (χ3n) is 4.07. The predicted molar refractivity (Wildman–Crippen MR) is 86.2 cm³/mol. The van der Waals surface area contributed by atoms with Gasteiger partial charge in [-0.1, -0.05) is 11.6 Å². The van der Waals surface area contributed by atoms with Crippen LogP contribution in [0.25, 0.3) is 0 Å². The highest BCUT2D eigenvalue weighted by Gasteiger charge is 2.45. The van der Waals surface area contributed by atoms with E-state index in [0.717, 1.165) is 26.9 Å². The van der Waals surface area contributed by atoms with E-state index >= 15 is 0 Å². The van der Waals surface area contributed by atoms with Crippen molar-refractivity contribution in [1.82, 2.24) is 4.98 Å². The van der Waals surface area contributed by atoms with E-state index in [1.165, 1.54) is 0 Å². The molecule has 5 nitrogen and oxygen atoms in total. The Labute approximate surface area is 136 Å². The number of nitrogens with two attached hydrogens (primary N) is 1. The lowest BCUT2D eigenvalue weighted by atomic mass is 9.78. The minimum atomic E-state index is -0.603. The van der Waals surface area contributed by atoms with E-state index < -0.39 is 5.54 Å². The molecule has 0 aliphatic carbocycles. The summed E-state index contributed by atoms with van der Waals surface area (Å²) in [6, 6.07) is 8.27. The Balaban J connectivity index is 2.05. The number of benzene rings is 1. The zero-order valence-corrected chi connectivity index (χ0v) is 13.6. The molecular weight excluding hydrogens is 346 g/mol. The molecule has 1 unspecified atom stereocenters. The normalized spacial score (nSPS) is 22.2. The molecule has 2 aliphatic rings. The van der Waals surface area contributed by atoms with Crippen LogP contribution < -0.4 is 10.5 Å². The summed E-state index contributed by atoms with van der Waals surface area (Å²) in [6.45, 7) is 2.56. The van der Waals surface area contributed by atoms with Crippen LogP contribution in [0, 0.1) is 6.92 Å². The van der Waals surface area contributed by atoms with Crippen LogP contribution in [0.4, 0.5) is 0 Å². The summed E-state index contributed by atoms with van der Waals surface area (Å²) in [5.41, 5.74) is 8.34. The minimum absolute atomic E-state index is 0.200. The zero-order chi connectivity index (χ0) is 15.3. The number of aryl methyl sites for hydroxylation is 1. The van der Waals surface area contributed by atoms with E-state index in [9.17, 15) is 0 Å². The summed E-state index contributed by atoms with van der Waals surface area (Å²) in [5.74, 6) is 1.34. The minimum Gasteiger partial charge on any atom is -0.465 e. The van der Waals surface area contributed by atoms with Gasteiger partial charge < -0.3 is 15.2 Å². The highest BCUT2D eigenvalue weighted by Crippen LogP contribution is 2.51. The fourth-order valence-electron chi connectivity index (χ4n) is 3.08. The Morgan fingerprint density at radius 2 is 2.14 bits per heavy atom. The summed E-state index contributed by atoms with van der Waals surface area (Å²) in [6.07, 6.45) is 2.41. The first-order valence-electron chi connectivity index (χ1n) is 7.02. The SMILES string of the molecule is Cc1ccc2c(c1)C1(CCOC(N)=N1)c1cc(Br)cnc1O2. The standard InChI is InChI=1S/C16H14BrN3O2/c1-9-2-3-13-11(6-9)16(4-5-21-15(18)20-16)12-7-10(17)8-19-14(12)22-13/h2-3,6-8H,4-5H2,1H3,(H2,18,20). The van der Waals surface area contributed by atoms with Crippen LogP contribution in [0.15, 0.2) is 39.9 Å². The van der Waals surface area contributed by atoms with Gasteiger partial charge >= 0.3 is 0 Å². The molecule has 0 saturated heterocycles. The van der Waals surface area contributed by atoms with Gasteiger partial charge in [-0.15, -0.1) is 0 Å². The second kappa shape index (κ2) is 4.71. The topological polar surface area (TPSA) is 69.7 Å². The van der Waals surface area contributed by atoms with E-state index in [2.05, 4.69) is 38.9 Å². The van der Waals surface area contributed by atoms with Crippen LogP contribution in [0.1, 0.15) is 23.1 Å². The van der Waals surface area contributed by atoms with Crippen molar-refractivity contribution in [2.24, 2.45) is 10.7 Å². The molecule has 1 aromatic carbocycles. The largest absolute Gasteiger partial charge is 0.465 e. The van der Waals surface area contributed by atoms with Gasteiger partial charge in [0.2, 0.25) is 5.88 Å². The maximum Gasteiger partial charge on any atom is 0.283 e. The van der Waals surface area contributed by atoms with Crippen molar-refractivity contribution in [2.45, 2.75) is 18.9 Å². The van der Waals surface area contributed by atoms with Crippen molar-refractivity contribution in [1.29, 1.82) is 0 Å². The number of halogens is 1. The molecule has 3 heterocycles. The number of aliphatic imine (C=N–C) groups is 1. The fourth-order valence-corrected chi connectivity index (χ4v) is 3.41. The summed E-state index contributed by atoms with van der Waals surface area (Å²) >= 11 is 3.48. The third kappa shape index (κ3) is 1.90. The second-order valence-electron chi connectivity index (χ2n) is 5.52. The smallest absolute Gasteiger partial charge is 0.283 e. The molecule has 6 heteroatoms. The summed E-state index contributed by atoms with van der Waals surface area (Å²) < 4.78 is 12.2. The van der Waals surface area contributed by atoms with E-state index in [1.54, 1.807) is 6.20 Å². The van der Waals surface area contributed by atoms with Crippen LogP contribution >= 0.6 is 15.9 Å². The molecule has 22 heavy (non-hydrogen) atoms. The average Bonchev–Trinajstić information content (AvgIpc) is 2.49.